The van der Waals surface area contributed by atoms with Gasteiger partial charge in [0.05, 0.1) is 32.1 Å². The summed E-state index contributed by atoms with van der Waals surface area (Å²) in [6.45, 7) is 1.97. The number of nitrogens with one attached hydrogen (secondary N) is 1. The molecule has 0 aliphatic rings. The average molecular weight is 487 g/mol. The number of thioether (sulfide) groups is 1. The second-order valence-electron chi connectivity index (χ2n) is 6.49. The van der Waals surface area contributed by atoms with Gasteiger partial charge >= 0.3 is 0 Å². The number of thiazole rings is 1. The molecule has 0 spiro atoms. The topological polar surface area (TPSA) is 67.8 Å². The number of carbonyl (C=O) groups is 1. The Morgan fingerprint density at radius 1 is 1.03 bits per heavy atom. The van der Waals surface area contributed by atoms with Gasteiger partial charge in [-0.05, 0) is 31.2 Å². The van der Waals surface area contributed by atoms with Crippen molar-refractivity contribution < 1.29 is 4.79 Å². The van der Waals surface area contributed by atoms with E-state index in [0.29, 0.717) is 20.8 Å². The molecule has 0 radical (unpaired) electrons. The number of halogens is 2. The maximum Gasteiger partial charge on any atom is 0.234 e. The highest BCUT2D eigenvalue weighted by Gasteiger charge is 2.14. The first-order chi connectivity index (χ1) is 15.0. The van der Waals surface area contributed by atoms with Crippen LogP contribution in [0, 0.1) is 6.92 Å². The summed E-state index contributed by atoms with van der Waals surface area (Å²) >= 11 is 15.0. The summed E-state index contributed by atoms with van der Waals surface area (Å²) in [6.07, 6.45) is 0. The lowest BCUT2D eigenvalue weighted by atomic mass is 10.2. The SMILES string of the molecule is Cc1nc(-c2ccccc2)sc1-c1ccc(SCC(=O)Nc2cccc(Cl)c2Cl)nn1. The van der Waals surface area contributed by atoms with E-state index < -0.39 is 0 Å². The van der Waals surface area contributed by atoms with Crippen molar-refractivity contribution >= 4 is 57.9 Å². The summed E-state index contributed by atoms with van der Waals surface area (Å²) in [5.41, 5.74) is 3.23. The quantitative estimate of drug-likeness (QED) is 0.310. The minimum Gasteiger partial charge on any atom is -0.324 e. The fourth-order valence-corrected chi connectivity index (χ4v) is 4.78. The zero-order valence-corrected chi connectivity index (χ0v) is 19.4. The van der Waals surface area contributed by atoms with Gasteiger partial charge in [0, 0.05) is 5.56 Å². The Labute approximate surface area is 197 Å². The number of rotatable bonds is 6. The lowest BCUT2D eigenvalue weighted by Crippen LogP contribution is -2.14. The molecule has 0 atom stereocenters. The van der Waals surface area contributed by atoms with E-state index in [1.165, 1.54) is 11.8 Å². The van der Waals surface area contributed by atoms with Crippen LogP contribution in [0.2, 0.25) is 10.0 Å². The maximum atomic E-state index is 12.2. The molecular formula is C22H16Cl2N4OS2. The summed E-state index contributed by atoms with van der Waals surface area (Å²) in [5.74, 6) is -0.0277. The highest BCUT2D eigenvalue weighted by molar-refractivity contribution is 7.99. The van der Waals surface area contributed by atoms with E-state index in [2.05, 4.69) is 20.5 Å². The van der Waals surface area contributed by atoms with Crippen LogP contribution in [0.5, 0.6) is 0 Å². The number of carbonyl (C=O) groups excluding carboxylic acids is 1. The summed E-state index contributed by atoms with van der Waals surface area (Å²) in [5, 5.41) is 13.7. The molecule has 0 bridgehead atoms. The molecule has 0 unspecified atom stereocenters. The van der Waals surface area contributed by atoms with Gasteiger partial charge in [0.2, 0.25) is 5.91 Å². The number of hydrogen-bond donors (Lipinski definition) is 1. The molecule has 5 nitrogen and oxygen atoms in total. The Morgan fingerprint density at radius 2 is 1.84 bits per heavy atom. The molecule has 4 aromatic rings. The number of hydrogen-bond acceptors (Lipinski definition) is 6. The van der Waals surface area contributed by atoms with Crippen molar-refractivity contribution in [2.45, 2.75) is 11.9 Å². The first-order valence-corrected chi connectivity index (χ1v) is 11.8. The number of aryl methyl sites for hydroxylation is 1. The van der Waals surface area contributed by atoms with Crippen molar-refractivity contribution in [3.63, 3.8) is 0 Å². The zero-order valence-electron chi connectivity index (χ0n) is 16.3. The number of amides is 1. The van der Waals surface area contributed by atoms with E-state index in [1.54, 1.807) is 29.5 Å². The molecule has 0 aliphatic carbocycles. The normalized spacial score (nSPS) is 10.8. The molecule has 1 amide bonds. The molecule has 2 heterocycles. The molecule has 2 aromatic carbocycles. The van der Waals surface area contributed by atoms with Crippen LogP contribution in [0.3, 0.4) is 0 Å². The average Bonchev–Trinajstić information content (AvgIpc) is 3.18. The van der Waals surface area contributed by atoms with Crippen LogP contribution >= 0.6 is 46.3 Å². The van der Waals surface area contributed by atoms with Crippen LogP contribution in [0.1, 0.15) is 5.69 Å². The van der Waals surface area contributed by atoms with E-state index in [0.717, 1.165) is 26.8 Å². The third-order valence-electron chi connectivity index (χ3n) is 4.27. The molecule has 0 saturated carbocycles. The van der Waals surface area contributed by atoms with Gasteiger partial charge in [0.25, 0.3) is 0 Å². The third kappa shape index (κ3) is 5.25. The van der Waals surface area contributed by atoms with Crippen molar-refractivity contribution in [2.75, 3.05) is 11.1 Å². The van der Waals surface area contributed by atoms with Gasteiger partial charge in [0.15, 0.2) is 0 Å². The predicted octanol–water partition coefficient (Wildman–Crippen LogP) is 6.61. The Kier molecular flexibility index (Phi) is 6.87. The molecule has 0 fully saturated rings. The second-order valence-corrected chi connectivity index (χ2v) is 9.27. The van der Waals surface area contributed by atoms with E-state index in [9.17, 15) is 4.79 Å². The van der Waals surface area contributed by atoms with Gasteiger partial charge in [-0.1, -0.05) is 71.4 Å². The van der Waals surface area contributed by atoms with Crippen LogP contribution in [0.4, 0.5) is 5.69 Å². The Morgan fingerprint density at radius 3 is 2.58 bits per heavy atom. The zero-order chi connectivity index (χ0) is 21.8. The number of aromatic nitrogens is 3. The smallest absolute Gasteiger partial charge is 0.234 e. The van der Waals surface area contributed by atoms with E-state index in [-0.39, 0.29) is 11.7 Å². The molecule has 9 heteroatoms. The Balaban J connectivity index is 1.40. The highest BCUT2D eigenvalue weighted by Crippen LogP contribution is 2.34. The second kappa shape index (κ2) is 9.78. The fraction of sp³-hybridized carbons (Fsp3) is 0.0909. The fourth-order valence-electron chi connectivity index (χ4n) is 2.78. The maximum absolute atomic E-state index is 12.2. The number of benzene rings is 2. The molecule has 0 aliphatic heterocycles. The molecule has 4 rings (SSSR count). The van der Waals surface area contributed by atoms with Gasteiger partial charge < -0.3 is 5.32 Å². The lowest BCUT2D eigenvalue weighted by molar-refractivity contribution is -0.113. The summed E-state index contributed by atoms with van der Waals surface area (Å²) in [6, 6.07) is 18.9. The van der Waals surface area contributed by atoms with Crippen molar-refractivity contribution in [3.05, 3.63) is 76.4 Å². The third-order valence-corrected chi connectivity index (χ3v) is 7.23. The van der Waals surface area contributed by atoms with Crippen LogP contribution < -0.4 is 5.32 Å². The molecule has 0 saturated heterocycles. The first kappa shape index (κ1) is 21.8. The van der Waals surface area contributed by atoms with E-state index >= 15 is 0 Å². The predicted molar refractivity (Wildman–Crippen MR) is 129 cm³/mol. The standard InChI is InChI=1S/C22H16Cl2N4OS2/c1-13-21(31-22(25-13)14-6-3-2-4-7-14)17-10-11-19(28-27-17)30-12-18(29)26-16-9-5-8-15(23)20(16)24/h2-11H,12H2,1H3,(H,26,29). The summed E-state index contributed by atoms with van der Waals surface area (Å²) in [4.78, 5) is 17.9. The van der Waals surface area contributed by atoms with Crippen molar-refractivity contribution in [2.24, 2.45) is 0 Å². The summed E-state index contributed by atoms with van der Waals surface area (Å²) < 4.78 is 0. The van der Waals surface area contributed by atoms with E-state index in [1.807, 2.05) is 49.4 Å². The van der Waals surface area contributed by atoms with Crippen molar-refractivity contribution in [1.29, 1.82) is 0 Å². The van der Waals surface area contributed by atoms with Gasteiger partial charge in [-0.2, -0.15) is 0 Å². The van der Waals surface area contributed by atoms with Gasteiger partial charge in [-0.3, -0.25) is 4.79 Å². The molecular weight excluding hydrogens is 471 g/mol. The molecule has 31 heavy (non-hydrogen) atoms. The minimum atomic E-state index is -0.203. The van der Waals surface area contributed by atoms with Crippen LogP contribution in [-0.2, 0) is 4.79 Å². The first-order valence-electron chi connectivity index (χ1n) is 9.25. The van der Waals surface area contributed by atoms with Crippen LogP contribution in [0.25, 0.3) is 21.1 Å². The number of nitrogens with zero attached hydrogens (tertiary/aromatic N) is 3. The van der Waals surface area contributed by atoms with Crippen LogP contribution in [0.15, 0.2) is 65.7 Å². The van der Waals surface area contributed by atoms with Gasteiger partial charge in [0.1, 0.15) is 15.7 Å². The lowest BCUT2D eigenvalue weighted by Gasteiger charge is -2.07. The molecule has 2 aromatic heterocycles. The Hall–Kier alpha value is -2.45. The number of anilines is 1. The van der Waals surface area contributed by atoms with Gasteiger partial charge in [-0.25, -0.2) is 4.98 Å². The van der Waals surface area contributed by atoms with E-state index in [4.69, 9.17) is 23.2 Å². The molecule has 1 N–H and O–H groups in total. The largest absolute Gasteiger partial charge is 0.324 e. The van der Waals surface area contributed by atoms with Gasteiger partial charge in [-0.15, -0.1) is 21.5 Å². The van der Waals surface area contributed by atoms with Crippen LogP contribution in [-0.4, -0.2) is 26.8 Å². The summed E-state index contributed by atoms with van der Waals surface area (Å²) in [7, 11) is 0. The van der Waals surface area contributed by atoms with Crippen molar-refractivity contribution in [1.82, 2.24) is 15.2 Å². The highest BCUT2D eigenvalue weighted by atomic mass is 35.5. The van der Waals surface area contributed by atoms with Crippen molar-refractivity contribution in [3.8, 4) is 21.1 Å². The minimum absolute atomic E-state index is 0.175. The monoisotopic (exact) mass is 486 g/mol. The molecule has 156 valence electrons. The Bertz CT molecular complexity index is 1210.